The quantitative estimate of drug-likeness (QED) is 0.625. The number of hydrogen-bond acceptors (Lipinski definition) is 5. The lowest BCUT2D eigenvalue weighted by molar-refractivity contribution is -0.386. The van der Waals surface area contributed by atoms with Gasteiger partial charge in [-0.05, 0) is 12.8 Å². The Morgan fingerprint density at radius 2 is 2.20 bits per heavy atom. The first kappa shape index (κ1) is 12.3. The zero-order chi connectivity index (χ0) is 14.3. The molecule has 3 rings (SSSR count). The minimum absolute atomic E-state index is 0.132. The van der Waals surface area contributed by atoms with E-state index in [0.29, 0.717) is 6.04 Å². The van der Waals surface area contributed by atoms with Crippen molar-refractivity contribution in [3.05, 3.63) is 55.4 Å². The highest BCUT2D eigenvalue weighted by Gasteiger charge is 2.25. The van der Waals surface area contributed by atoms with Gasteiger partial charge in [-0.2, -0.15) is 0 Å². The van der Waals surface area contributed by atoms with Crippen LogP contribution in [-0.4, -0.2) is 24.0 Å². The van der Waals surface area contributed by atoms with Crippen LogP contribution < -0.4 is 11.2 Å². The molecule has 0 atom stereocenters. The van der Waals surface area contributed by atoms with Crippen LogP contribution in [0.2, 0.25) is 0 Å². The SMILES string of the molecule is O=c1[nH]c(=O)n(Cc2cncn2C2CC2)cc1[N+](=O)[O-]. The van der Waals surface area contributed by atoms with Gasteiger partial charge in [0.2, 0.25) is 0 Å². The number of nitrogens with one attached hydrogen (secondary N) is 1. The normalized spacial score (nSPS) is 14.4. The molecular weight excluding hydrogens is 266 g/mol. The van der Waals surface area contributed by atoms with Gasteiger partial charge < -0.3 is 4.57 Å². The average Bonchev–Trinajstić information content (AvgIpc) is 3.12. The molecule has 104 valence electrons. The Morgan fingerprint density at radius 1 is 1.45 bits per heavy atom. The Balaban J connectivity index is 2.00. The number of nitro groups is 1. The van der Waals surface area contributed by atoms with E-state index in [1.807, 2.05) is 9.55 Å². The summed E-state index contributed by atoms with van der Waals surface area (Å²) in [5.41, 5.74) is -1.55. The molecule has 0 aliphatic heterocycles. The lowest BCUT2D eigenvalue weighted by Crippen LogP contribution is -2.31. The third-order valence-electron chi connectivity index (χ3n) is 3.21. The molecule has 0 spiro atoms. The van der Waals surface area contributed by atoms with Crippen molar-refractivity contribution < 1.29 is 4.92 Å². The Morgan fingerprint density at radius 3 is 2.85 bits per heavy atom. The second-order valence-corrected chi connectivity index (χ2v) is 4.68. The van der Waals surface area contributed by atoms with Crippen molar-refractivity contribution in [3.63, 3.8) is 0 Å². The lowest BCUT2D eigenvalue weighted by Gasteiger charge is -2.08. The summed E-state index contributed by atoms with van der Waals surface area (Å²) in [6.07, 6.45) is 6.37. The highest BCUT2D eigenvalue weighted by atomic mass is 16.6. The van der Waals surface area contributed by atoms with E-state index in [9.17, 15) is 19.7 Å². The van der Waals surface area contributed by atoms with Crippen molar-refractivity contribution in [1.82, 2.24) is 19.1 Å². The van der Waals surface area contributed by atoms with E-state index < -0.39 is 21.9 Å². The monoisotopic (exact) mass is 277 g/mol. The summed E-state index contributed by atoms with van der Waals surface area (Å²) in [6.45, 7) is 0.132. The molecule has 1 aliphatic rings. The van der Waals surface area contributed by atoms with Crippen molar-refractivity contribution in [3.8, 4) is 0 Å². The summed E-state index contributed by atoms with van der Waals surface area (Å²) in [5.74, 6) is 0. The number of nitrogens with zero attached hydrogens (tertiary/aromatic N) is 4. The highest BCUT2D eigenvalue weighted by molar-refractivity contribution is 5.21. The maximum atomic E-state index is 11.7. The summed E-state index contributed by atoms with van der Waals surface area (Å²) >= 11 is 0. The Bertz CT molecular complexity index is 783. The lowest BCUT2D eigenvalue weighted by atomic mass is 10.4. The van der Waals surface area contributed by atoms with Gasteiger partial charge in [0.15, 0.2) is 0 Å². The van der Waals surface area contributed by atoms with Crippen LogP contribution in [0.25, 0.3) is 0 Å². The summed E-state index contributed by atoms with van der Waals surface area (Å²) in [4.78, 5) is 38.9. The van der Waals surface area contributed by atoms with Crippen LogP contribution in [0, 0.1) is 10.1 Å². The van der Waals surface area contributed by atoms with E-state index >= 15 is 0 Å². The first-order valence-corrected chi connectivity index (χ1v) is 6.05. The summed E-state index contributed by atoms with van der Waals surface area (Å²) in [7, 11) is 0. The number of H-pyrrole nitrogens is 1. The van der Waals surface area contributed by atoms with E-state index in [2.05, 4.69) is 4.98 Å². The van der Waals surface area contributed by atoms with Crippen molar-refractivity contribution in [2.45, 2.75) is 25.4 Å². The minimum Gasteiger partial charge on any atom is -0.330 e. The number of hydrogen-bond donors (Lipinski definition) is 1. The van der Waals surface area contributed by atoms with Gasteiger partial charge in [0, 0.05) is 12.2 Å². The second-order valence-electron chi connectivity index (χ2n) is 4.68. The Hall–Kier alpha value is -2.71. The number of rotatable bonds is 4. The molecule has 0 amide bonds. The van der Waals surface area contributed by atoms with Crippen molar-refractivity contribution >= 4 is 5.69 Å². The van der Waals surface area contributed by atoms with Gasteiger partial charge in [-0.15, -0.1) is 0 Å². The van der Waals surface area contributed by atoms with Gasteiger partial charge >= 0.3 is 16.9 Å². The summed E-state index contributed by atoms with van der Waals surface area (Å²) in [6, 6.07) is 0.390. The summed E-state index contributed by atoms with van der Waals surface area (Å²) < 4.78 is 3.05. The molecule has 2 aromatic rings. The number of aromatic amines is 1. The van der Waals surface area contributed by atoms with Crippen molar-refractivity contribution in [1.29, 1.82) is 0 Å². The molecule has 9 heteroatoms. The predicted molar refractivity (Wildman–Crippen MR) is 67.6 cm³/mol. The van der Waals surface area contributed by atoms with E-state index in [1.54, 1.807) is 12.5 Å². The number of aromatic nitrogens is 4. The third kappa shape index (κ3) is 2.13. The first-order chi connectivity index (χ1) is 9.56. The fraction of sp³-hybridized carbons (Fsp3) is 0.364. The van der Waals surface area contributed by atoms with E-state index in [-0.39, 0.29) is 6.54 Å². The zero-order valence-corrected chi connectivity index (χ0v) is 10.4. The molecule has 1 fully saturated rings. The molecule has 0 radical (unpaired) electrons. The van der Waals surface area contributed by atoms with Crippen LogP contribution in [0.1, 0.15) is 24.6 Å². The smallest absolute Gasteiger partial charge is 0.330 e. The molecule has 20 heavy (non-hydrogen) atoms. The first-order valence-electron chi connectivity index (χ1n) is 6.05. The molecule has 2 aromatic heterocycles. The van der Waals surface area contributed by atoms with Crippen LogP contribution >= 0.6 is 0 Å². The van der Waals surface area contributed by atoms with E-state index in [0.717, 1.165) is 29.3 Å². The van der Waals surface area contributed by atoms with E-state index in [1.165, 1.54) is 0 Å². The molecule has 0 saturated heterocycles. The van der Waals surface area contributed by atoms with Crippen LogP contribution in [0.4, 0.5) is 5.69 Å². The van der Waals surface area contributed by atoms with Gasteiger partial charge in [-0.3, -0.25) is 24.5 Å². The average molecular weight is 277 g/mol. The van der Waals surface area contributed by atoms with Gasteiger partial charge in [0.25, 0.3) is 0 Å². The Kier molecular flexibility index (Phi) is 2.74. The van der Waals surface area contributed by atoms with Crippen molar-refractivity contribution in [2.75, 3.05) is 0 Å². The van der Waals surface area contributed by atoms with Gasteiger partial charge in [0.05, 0.1) is 29.7 Å². The van der Waals surface area contributed by atoms with Crippen LogP contribution in [-0.2, 0) is 6.54 Å². The topological polar surface area (TPSA) is 116 Å². The van der Waals surface area contributed by atoms with Crippen LogP contribution in [0.5, 0.6) is 0 Å². The fourth-order valence-electron chi connectivity index (χ4n) is 2.06. The molecule has 0 unspecified atom stereocenters. The van der Waals surface area contributed by atoms with E-state index in [4.69, 9.17) is 0 Å². The molecule has 1 saturated carbocycles. The number of imidazole rings is 1. The van der Waals surface area contributed by atoms with Gasteiger partial charge in [-0.1, -0.05) is 0 Å². The minimum atomic E-state index is -0.994. The van der Waals surface area contributed by atoms with Gasteiger partial charge in [-0.25, -0.2) is 9.78 Å². The fourth-order valence-corrected chi connectivity index (χ4v) is 2.06. The highest BCUT2D eigenvalue weighted by Crippen LogP contribution is 2.35. The maximum absolute atomic E-state index is 11.7. The molecule has 0 aromatic carbocycles. The van der Waals surface area contributed by atoms with Crippen LogP contribution in [0.3, 0.4) is 0 Å². The molecule has 0 bridgehead atoms. The molecule has 1 N–H and O–H groups in total. The molecule has 2 heterocycles. The summed E-state index contributed by atoms with van der Waals surface area (Å²) in [5, 5.41) is 10.7. The van der Waals surface area contributed by atoms with Crippen LogP contribution in [0.15, 0.2) is 28.3 Å². The standard InChI is InChI=1S/C11H11N5O4/c17-10-9(16(19)20)5-14(11(18)13-10)4-8-3-12-6-15(8)7-1-2-7/h3,5-7H,1-2,4H2,(H,13,17,18). The second kappa shape index (κ2) is 4.44. The third-order valence-corrected chi connectivity index (χ3v) is 3.21. The maximum Gasteiger partial charge on any atom is 0.350 e. The van der Waals surface area contributed by atoms with Crippen molar-refractivity contribution in [2.24, 2.45) is 0 Å². The molecule has 1 aliphatic carbocycles. The zero-order valence-electron chi connectivity index (χ0n) is 10.4. The Labute approximate surface area is 111 Å². The molecule has 9 nitrogen and oxygen atoms in total. The van der Waals surface area contributed by atoms with Gasteiger partial charge in [0.1, 0.15) is 0 Å². The predicted octanol–water partition coefficient (Wildman–Crippen LogP) is 0.0245. The largest absolute Gasteiger partial charge is 0.350 e. The molecular formula is C11H11N5O4.